The molecule has 0 fully saturated rings. The Morgan fingerprint density at radius 2 is 2.00 bits per heavy atom. The summed E-state index contributed by atoms with van der Waals surface area (Å²) in [6, 6.07) is 0. The Hall–Kier alpha value is -1.43. The Bertz CT molecular complexity index is 278. The van der Waals surface area contributed by atoms with E-state index < -0.39 is 24.0 Å². The molecule has 0 aliphatic heterocycles. The molecule has 0 radical (unpaired) electrons. The molecule has 0 aromatic carbocycles. The van der Waals surface area contributed by atoms with Crippen LogP contribution in [0.5, 0.6) is 0 Å². The van der Waals surface area contributed by atoms with Gasteiger partial charge in [-0.3, -0.25) is 10.1 Å². The minimum absolute atomic E-state index is 0.135. The van der Waals surface area contributed by atoms with Gasteiger partial charge >= 0.3 is 6.09 Å². The van der Waals surface area contributed by atoms with Crippen LogP contribution in [0.3, 0.4) is 0 Å². The SMILES string of the molecule is CCOC(=O)NC(=O)C(C(C)=N)C(C)OC. The molecular weight excluding hydrogens is 212 g/mol. The molecule has 6 nitrogen and oxygen atoms in total. The topological polar surface area (TPSA) is 88.5 Å². The number of carbonyl (C=O) groups excluding carboxylic acids is 2. The van der Waals surface area contributed by atoms with E-state index in [4.69, 9.17) is 10.1 Å². The van der Waals surface area contributed by atoms with Gasteiger partial charge in [-0.1, -0.05) is 0 Å². The Labute approximate surface area is 94.8 Å². The molecule has 6 heteroatoms. The Morgan fingerprint density at radius 3 is 2.38 bits per heavy atom. The van der Waals surface area contributed by atoms with Crippen molar-refractivity contribution in [3.05, 3.63) is 0 Å². The second kappa shape index (κ2) is 6.95. The summed E-state index contributed by atoms with van der Waals surface area (Å²) >= 11 is 0. The summed E-state index contributed by atoms with van der Waals surface area (Å²) in [5.74, 6) is -1.37. The summed E-state index contributed by atoms with van der Waals surface area (Å²) < 4.78 is 9.56. The molecule has 0 saturated carbocycles. The predicted octanol–water partition coefficient (Wildman–Crippen LogP) is 0.950. The van der Waals surface area contributed by atoms with E-state index in [1.807, 2.05) is 0 Å². The van der Waals surface area contributed by atoms with Crippen molar-refractivity contribution in [2.24, 2.45) is 5.92 Å². The lowest BCUT2D eigenvalue weighted by Gasteiger charge is -2.20. The number of carbonyl (C=O) groups is 2. The maximum absolute atomic E-state index is 11.6. The second-order valence-electron chi connectivity index (χ2n) is 3.31. The van der Waals surface area contributed by atoms with E-state index in [2.05, 4.69) is 10.1 Å². The van der Waals surface area contributed by atoms with Gasteiger partial charge in [0.05, 0.1) is 12.7 Å². The van der Waals surface area contributed by atoms with E-state index in [9.17, 15) is 9.59 Å². The third-order valence-corrected chi connectivity index (χ3v) is 2.09. The number of alkyl carbamates (subject to hydrolysis) is 1. The minimum atomic E-state index is -0.804. The van der Waals surface area contributed by atoms with Crippen LogP contribution >= 0.6 is 0 Å². The molecule has 0 aliphatic carbocycles. The third kappa shape index (κ3) is 4.39. The first-order chi connectivity index (χ1) is 7.43. The third-order valence-electron chi connectivity index (χ3n) is 2.09. The van der Waals surface area contributed by atoms with E-state index in [-0.39, 0.29) is 12.3 Å². The van der Waals surface area contributed by atoms with E-state index in [1.54, 1.807) is 13.8 Å². The quantitative estimate of drug-likeness (QED) is 0.688. The van der Waals surface area contributed by atoms with Crippen LogP contribution < -0.4 is 5.32 Å². The van der Waals surface area contributed by atoms with E-state index in [0.29, 0.717) is 0 Å². The number of rotatable bonds is 5. The molecule has 0 aliphatic rings. The van der Waals surface area contributed by atoms with Gasteiger partial charge in [0.1, 0.15) is 5.92 Å². The summed E-state index contributed by atoms with van der Waals surface area (Å²) in [5.41, 5.74) is 0.135. The molecule has 0 rings (SSSR count). The van der Waals surface area contributed by atoms with Gasteiger partial charge in [0, 0.05) is 12.8 Å². The fourth-order valence-corrected chi connectivity index (χ4v) is 1.24. The first-order valence-corrected chi connectivity index (χ1v) is 4.99. The summed E-state index contributed by atoms with van der Waals surface area (Å²) in [4.78, 5) is 22.7. The minimum Gasteiger partial charge on any atom is -0.450 e. The van der Waals surface area contributed by atoms with E-state index in [1.165, 1.54) is 14.0 Å². The highest BCUT2D eigenvalue weighted by molar-refractivity contribution is 6.06. The molecule has 2 atom stereocenters. The molecule has 0 aromatic heterocycles. The molecule has 0 aromatic rings. The number of nitrogens with one attached hydrogen (secondary N) is 2. The highest BCUT2D eigenvalue weighted by atomic mass is 16.5. The molecule has 0 spiro atoms. The molecular formula is C10H18N2O4. The molecule has 2 amide bonds. The Balaban J connectivity index is 4.51. The maximum atomic E-state index is 11.6. The van der Waals surface area contributed by atoms with Crippen molar-refractivity contribution in [1.82, 2.24) is 5.32 Å². The van der Waals surface area contributed by atoms with Crippen molar-refractivity contribution in [3.63, 3.8) is 0 Å². The van der Waals surface area contributed by atoms with Crippen LogP contribution in [0.4, 0.5) is 4.79 Å². The highest BCUT2D eigenvalue weighted by Crippen LogP contribution is 2.09. The largest absolute Gasteiger partial charge is 0.450 e. The number of methoxy groups -OCH3 is 1. The lowest BCUT2D eigenvalue weighted by Crippen LogP contribution is -2.43. The van der Waals surface area contributed by atoms with Crippen molar-refractivity contribution in [2.45, 2.75) is 26.9 Å². The van der Waals surface area contributed by atoms with Crippen LogP contribution in [0.15, 0.2) is 0 Å². The summed E-state index contributed by atoms with van der Waals surface area (Å²) in [6.45, 7) is 4.98. The van der Waals surface area contributed by atoms with Crippen LogP contribution in [0.2, 0.25) is 0 Å². The van der Waals surface area contributed by atoms with Crippen molar-refractivity contribution >= 4 is 17.7 Å². The summed E-state index contributed by atoms with van der Waals surface area (Å²) in [6.07, 6.45) is -1.27. The molecule has 2 unspecified atom stereocenters. The Morgan fingerprint density at radius 1 is 1.44 bits per heavy atom. The maximum Gasteiger partial charge on any atom is 0.413 e. The van der Waals surface area contributed by atoms with E-state index in [0.717, 1.165) is 0 Å². The monoisotopic (exact) mass is 230 g/mol. The number of imide groups is 1. The first kappa shape index (κ1) is 14.6. The van der Waals surface area contributed by atoms with Gasteiger partial charge in [0.2, 0.25) is 5.91 Å². The smallest absolute Gasteiger partial charge is 0.413 e. The van der Waals surface area contributed by atoms with Crippen LogP contribution in [-0.4, -0.2) is 37.5 Å². The lowest BCUT2D eigenvalue weighted by molar-refractivity contribution is -0.125. The Kier molecular flexibility index (Phi) is 6.32. The van der Waals surface area contributed by atoms with Crippen molar-refractivity contribution in [1.29, 1.82) is 5.41 Å². The van der Waals surface area contributed by atoms with Crippen molar-refractivity contribution in [3.8, 4) is 0 Å². The van der Waals surface area contributed by atoms with Gasteiger partial charge < -0.3 is 14.9 Å². The van der Waals surface area contributed by atoms with Crippen LogP contribution in [0, 0.1) is 11.3 Å². The van der Waals surface area contributed by atoms with Gasteiger partial charge in [-0.25, -0.2) is 4.79 Å². The van der Waals surface area contributed by atoms with E-state index >= 15 is 0 Å². The van der Waals surface area contributed by atoms with Gasteiger partial charge in [0.25, 0.3) is 0 Å². The van der Waals surface area contributed by atoms with Gasteiger partial charge in [-0.15, -0.1) is 0 Å². The fourth-order valence-electron chi connectivity index (χ4n) is 1.24. The summed E-state index contributed by atoms with van der Waals surface area (Å²) in [5, 5.41) is 9.53. The number of amides is 2. The molecule has 16 heavy (non-hydrogen) atoms. The average molecular weight is 230 g/mol. The average Bonchev–Trinajstić information content (AvgIpc) is 2.17. The number of hydrogen-bond acceptors (Lipinski definition) is 5. The van der Waals surface area contributed by atoms with Gasteiger partial charge in [-0.05, 0) is 20.8 Å². The number of ether oxygens (including phenoxy) is 2. The van der Waals surface area contributed by atoms with Crippen LogP contribution in [0.1, 0.15) is 20.8 Å². The van der Waals surface area contributed by atoms with Gasteiger partial charge in [-0.2, -0.15) is 0 Å². The zero-order valence-corrected chi connectivity index (χ0v) is 9.99. The molecule has 0 saturated heterocycles. The van der Waals surface area contributed by atoms with Crippen molar-refractivity contribution < 1.29 is 19.1 Å². The van der Waals surface area contributed by atoms with Crippen LogP contribution in [-0.2, 0) is 14.3 Å². The first-order valence-electron chi connectivity index (χ1n) is 4.99. The predicted molar refractivity (Wildman–Crippen MR) is 58.5 cm³/mol. The van der Waals surface area contributed by atoms with Gasteiger partial charge in [0.15, 0.2) is 0 Å². The molecule has 2 N–H and O–H groups in total. The summed E-state index contributed by atoms with van der Waals surface area (Å²) in [7, 11) is 1.44. The highest BCUT2D eigenvalue weighted by Gasteiger charge is 2.28. The van der Waals surface area contributed by atoms with Crippen molar-refractivity contribution in [2.75, 3.05) is 13.7 Å². The second-order valence-corrected chi connectivity index (χ2v) is 3.31. The fraction of sp³-hybridized carbons (Fsp3) is 0.700. The number of hydrogen-bond donors (Lipinski definition) is 2. The molecule has 92 valence electrons. The zero-order valence-electron chi connectivity index (χ0n) is 9.99. The lowest BCUT2D eigenvalue weighted by atomic mass is 9.98. The normalized spacial score (nSPS) is 13.8. The zero-order chi connectivity index (χ0) is 12.7. The van der Waals surface area contributed by atoms with Crippen LogP contribution in [0.25, 0.3) is 0 Å². The molecule has 0 heterocycles. The molecule has 0 bridgehead atoms. The standard InChI is InChI=1S/C10H18N2O4/c1-5-16-10(14)12-9(13)8(6(2)11)7(3)15-4/h7-8,11H,5H2,1-4H3,(H,12,13,14).